The minimum absolute atomic E-state index is 0.0168. The molecule has 4 heteroatoms. The van der Waals surface area contributed by atoms with E-state index in [1.165, 1.54) is 0 Å². The van der Waals surface area contributed by atoms with Gasteiger partial charge in [0, 0.05) is 5.41 Å². The lowest BCUT2D eigenvalue weighted by Crippen LogP contribution is -2.15. The van der Waals surface area contributed by atoms with Gasteiger partial charge in [0.25, 0.3) is 0 Å². The van der Waals surface area contributed by atoms with Crippen molar-refractivity contribution in [1.82, 2.24) is 20.6 Å². The number of rotatable bonds is 0. The van der Waals surface area contributed by atoms with Crippen LogP contribution in [0.25, 0.3) is 0 Å². The van der Waals surface area contributed by atoms with Crippen molar-refractivity contribution in [1.29, 1.82) is 0 Å². The second-order valence-electron chi connectivity index (χ2n) is 3.16. The van der Waals surface area contributed by atoms with Crippen molar-refractivity contribution in [3.63, 3.8) is 0 Å². The molecule has 1 aromatic heterocycles. The summed E-state index contributed by atoms with van der Waals surface area (Å²) in [5.41, 5.74) is 0.880. The maximum Gasteiger partial charge on any atom is 0.0904 e. The Morgan fingerprint density at radius 3 is 2.20 bits per heavy atom. The molecule has 0 aromatic carbocycles. The highest BCUT2D eigenvalue weighted by molar-refractivity contribution is 5.04. The quantitative estimate of drug-likeness (QED) is 0.525. The highest BCUT2D eigenvalue weighted by atomic mass is 15.4. The monoisotopic (exact) mass is 138 g/mol. The van der Waals surface area contributed by atoms with E-state index < -0.39 is 0 Å². The first-order valence-electron chi connectivity index (χ1n) is 3.12. The molecule has 0 amide bonds. The standard InChI is InChI=1S/C6H10N4/c1-6(2,3)5-4-7-9-10-8-5/h4H,1-3H3. The van der Waals surface area contributed by atoms with Gasteiger partial charge in [-0.3, -0.25) is 0 Å². The zero-order valence-corrected chi connectivity index (χ0v) is 6.37. The van der Waals surface area contributed by atoms with E-state index in [0.717, 1.165) is 5.69 Å². The van der Waals surface area contributed by atoms with E-state index in [2.05, 4.69) is 41.4 Å². The molecule has 0 aliphatic carbocycles. The summed E-state index contributed by atoms with van der Waals surface area (Å²) >= 11 is 0. The SMILES string of the molecule is CC(C)(C)c1cnnnn1. The molecule has 4 nitrogen and oxygen atoms in total. The third-order valence-electron chi connectivity index (χ3n) is 1.19. The largest absolute Gasteiger partial charge is 0.135 e. The van der Waals surface area contributed by atoms with Crippen molar-refractivity contribution in [3.8, 4) is 0 Å². The molecule has 0 N–H and O–H groups in total. The Labute approximate surface area is 59.7 Å². The number of nitrogens with zero attached hydrogens (tertiary/aromatic N) is 4. The van der Waals surface area contributed by atoms with Gasteiger partial charge in [-0.25, -0.2) is 0 Å². The number of aromatic nitrogens is 4. The molecule has 1 heterocycles. The van der Waals surface area contributed by atoms with E-state index >= 15 is 0 Å². The molecule has 0 fully saturated rings. The van der Waals surface area contributed by atoms with E-state index in [4.69, 9.17) is 0 Å². The van der Waals surface area contributed by atoms with E-state index in [9.17, 15) is 0 Å². The van der Waals surface area contributed by atoms with Gasteiger partial charge < -0.3 is 0 Å². The Hall–Kier alpha value is -1.06. The summed E-state index contributed by atoms with van der Waals surface area (Å²) in [6, 6.07) is 0. The van der Waals surface area contributed by atoms with Crippen molar-refractivity contribution >= 4 is 0 Å². The van der Waals surface area contributed by atoms with E-state index in [1.54, 1.807) is 6.20 Å². The molecule has 0 saturated heterocycles. The Morgan fingerprint density at radius 1 is 1.20 bits per heavy atom. The fourth-order valence-electron chi connectivity index (χ4n) is 0.541. The van der Waals surface area contributed by atoms with Crippen molar-refractivity contribution in [2.75, 3.05) is 0 Å². The molecule has 0 saturated carbocycles. The number of hydrogen-bond donors (Lipinski definition) is 0. The highest BCUT2D eigenvalue weighted by Gasteiger charge is 2.15. The Kier molecular flexibility index (Phi) is 1.61. The zero-order chi connectivity index (χ0) is 7.61. The van der Waals surface area contributed by atoms with E-state index in [0.29, 0.717) is 0 Å². The molecule has 1 rings (SSSR count). The van der Waals surface area contributed by atoms with E-state index in [1.807, 2.05) is 0 Å². The van der Waals surface area contributed by atoms with Crippen LogP contribution in [0.15, 0.2) is 6.20 Å². The summed E-state index contributed by atoms with van der Waals surface area (Å²) in [5.74, 6) is 0. The normalized spacial score (nSPS) is 11.5. The van der Waals surface area contributed by atoms with Crippen LogP contribution in [0.4, 0.5) is 0 Å². The molecule has 54 valence electrons. The van der Waals surface area contributed by atoms with Crippen LogP contribution in [0.3, 0.4) is 0 Å². The average molecular weight is 138 g/mol. The van der Waals surface area contributed by atoms with Gasteiger partial charge in [-0.05, 0) is 10.4 Å². The summed E-state index contributed by atoms with van der Waals surface area (Å²) < 4.78 is 0. The predicted molar refractivity (Wildman–Crippen MR) is 36.3 cm³/mol. The Bertz CT molecular complexity index is 201. The van der Waals surface area contributed by atoms with Crippen LogP contribution in [0, 0.1) is 0 Å². The average Bonchev–Trinajstić information content (AvgIpc) is 1.88. The second-order valence-corrected chi connectivity index (χ2v) is 3.16. The van der Waals surface area contributed by atoms with Crippen molar-refractivity contribution in [3.05, 3.63) is 11.9 Å². The molecule has 0 atom stereocenters. The first kappa shape index (κ1) is 7.05. The summed E-state index contributed by atoms with van der Waals surface area (Å²) in [6.45, 7) is 6.16. The van der Waals surface area contributed by atoms with Gasteiger partial charge in [-0.2, -0.15) is 0 Å². The molecule has 0 aliphatic heterocycles. The molecule has 0 spiro atoms. The van der Waals surface area contributed by atoms with Gasteiger partial charge in [0.1, 0.15) is 0 Å². The first-order chi connectivity index (χ1) is 4.61. The summed E-state index contributed by atoms with van der Waals surface area (Å²) in [4.78, 5) is 0. The summed E-state index contributed by atoms with van der Waals surface area (Å²) in [5, 5.41) is 14.2. The molecular formula is C6H10N4. The van der Waals surface area contributed by atoms with Crippen LogP contribution in [0.5, 0.6) is 0 Å². The highest BCUT2D eigenvalue weighted by Crippen LogP contribution is 2.16. The lowest BCUT2D eigenvalue weighted by atomic mass is 9.93. The fourth-order valence-corrected chi connectivity index (χ4v) is 0.541. The van der Waals surface area contributed by atoms with Crippen molar-refractivity contribution in [2.24, 2.45) is 0 Å². The van der Waals surface area contributed by atoms with E-state index in [-0.39, 0.29) is 5.41 Å². The molecular weight excluding hydrogens is 128 g/mol. The van der Waals surface area contributed by atoms with Gasteiger partial charge in [-0.1, -0.05) is 20.8 Å². The Morgan fingerprint density at radius 2 is 1.90 bits per heavy atom. The topological polar surface area (TPSA) is 51.6 Å². The Balaban J connectivity index is 2.97. The minimum atomic E-state index is 0.0168. The van der Waals surface area contributed by atoms with Gasteiger partial charge in [-0.15, -0.1) is 10.2 Å². The number of hydrogen-bond acceptors (Lipinski definition) is 4. The third kappa shape index (κ3) is 1.46. The van der Waals surface area contributed by atoms with Crippen molar-refractivity contribution in [2.45, 2.75) is 26.2 Å². The lowest BCUT2D eigenvalue weighted by Gasteiger charge is -2.14. The summed E-state index contributed by atoms with van der Waals surface area (Å²) in [6.07, 6.45) is 1.63. The zero-order valence-electron chi connectivity index (χ0n) is 6.37. The van der Waals surface area contributed by atoms with Crippen LogP contribution >= 0.6 is 0 Å². The van der Waals surface area contributed by atoms with Crippen LogP contribution in [0.1, 0.15) is 26.5 Å². The molecule has 0 unspecified atom stereocenters. The van der Waals surface area contributed by atoms with Gasteiger partial charge in [0.2, 0.25) is 0 Å². The van der Waals surface area contributed by atoms with Crippen LogP contribution in [-0.2, 0) is 5.41 Å². The first-order valence-corrected chi connectivity index (χ1v) is 3.12. The smallest absolute Gasteiger partial charge is 0.0904 e. The molecule has 0 bridgehead atoms. The second kappa shape index (κ2) is 2.28. The van der Waals surface area contributed by atoms with Crippen LogP contribution in [0.2, 0.25) is 0 Å². The molecule has 0 radical (unpaired) electrons. The van der Waals surface area contributed by atoms with Gasteiger partial charge in [0.15, 0.2) is 0 Å². The third-order valence-corrected chi connectivity index (χ3v) is 1.19. The maximum absolute atomic E-state index is 3.83. The molecule has 1 aromatic rings. The van der Waals surface area contributed by atoms with Gasteiger partial charge in [0.05, 0.1) is 11.9 Å². The summed E-state index contributed by atoms with van der Waals surface area (Å²) in [7, 11) is 0. The fraction of sp³-hybridized carbons (Fsp3) is 0.667. The van der Waals surface area contributed by atoms with Crippen LogP contribution in [-0.4, -0.2) is 20.6 Å². The van der Waals surface area contributed by atoms with Crippen molar-refractivity contribution < 1.29 is 0 Å². The van der Waals surface area contributed by atoms with Gasteiger partial charge >= 0.3 is 0 Å². The molecule has 0 aliphatic rings. The predicted octanol–water partition coefficient (Wildman–Crippen LogP) is 0.564. The lowest BCUT2D eigenvalue weighted by molar-refractivity contribution is 0.537. The van der Waals surface area contributed by atoms with Crippen LogP contribution < -0.4 is 0 Å². The molecule has 10 heavy (non-hydrogen) atoms. The maximum atomic E-state index is 3.83. The minimum Gasteiger partial charge on any atom is -0.135 e.